The maximum Gasteiger partial charge on any atom is 0.161 e. The summed E-state index contributed by atoms with van der Waals surface area (Å²) in [5, 5.41) is 3.49. The van der Waals surface area contributed by atoms with Crippen molar-refractivity contribution in [1.29, 1.82) is 0 Å². The molecule has 3 aliphatic rings. The van der Waals surface area contributed by atoms with Crippen LogP contribution in [0.15, 0.2) is 46.8 Å². The first kappa shape index (κ1) is 20.1. The molecule has 0 unspecified atom stereocenters. The topological polar surface area (TPSA) is 46.2 Å². The van der Waals surface area contributed by atoms with Crippen LogP contribution >= 0.6 is 0 Å². The first-order valence-electron chi connectivity index (χ1n) is 11.6. The van der Waals surface area contributed by atoms with Crippen molar-refractivity contribution in [3.8, 4) is 0 Å². The fraction of sp³-hybridized carbons (Fsp3) is 0.538. The van der Waals surface area contributed by atoms with Gasteiger partial charge in [0.25, 0.3) is 0 Å². The van der Waals surface area contributed by atoms with Gasteiger partial charge in [-0.2, -0.15) is 0 Å². The van der Waals surface area contributed by atoms with Crippen LogP contribution in [0.4, 0.5) is 0 Å². The fourth-order valence-electron chi connectivity index (χ4n) is 5.13. The van der Waals surface area contributed by atoms with Crippen LogP contribution in [0.1, 0.15) is 94.6 Å². The molecule has 3 nitrogen and oxygen atoms in total. The molecule has 0 amide bonds. The minimum Gasteiger partial charge on any atom is -0.362 e. The molecule has 3 heteroatoms. The smallest absolute Gasteiger partial charge is 0.161 e. The number of ketones is 2. The van der Waals surface area contributed by atoms with Gasteiger partial charge in [0.2, 0.25) is 0 Å². The van der Waals surface area contributed by atoms with E-state index in [4.69, 9.17) is 0 Å². The molecule has 1 aromatic carbocycles. The summed E-state index contributed by atoms with van der Waals surface area (Å²) >= 11 is 0. The van der Waals surface area contributed by atoms with Gasteiger partial charge >= 0.3 is 0 Å². The summed E-state index contributed by atoms with van der Waals surface area (Å²) < 4.78 is 0. The van der Waals surface area contributed by atoms with Gasteiger partial charge in [0, 0.05) is 41.3 Å². The molecule has 0 bridgehead atoms. The summed E-state index contributed by atoms with van der Waals surface area (Å²) in [7, 11) is 0. The lowest BCUT2D eigenvalue weighted by atomic mass is 9.71. The van der Waals surface area contributed by atoms with Crippen molar-refractivity contribution in [3.63, 3.8) is 0 Å². The van der Waals surface area contributed by atoms with E-state index in [0.717, 1.165) is 60.2 Å². The van der Waals surface area contributed by atoms with Crippen molar-refractivity contribution >= 4 is 11.6 Å². The Kier molecular flexibility index (Phi) is 6.32. The number of rotatable bonds is 7. The average molecular weight is 392 g/mol. The SMILES string of the molecule is CCCCCCCc1ccc(C2C3=C(CCCC3=O)NC3=C2C(=O)CCC3)cc1. The molecule has 154 valence electrons. The van der Waals surface area contributed by atoms with Crippen LogP contribution in [0.25, 0.3) is 0 Å². The van der Waals surface area contributed by atoms with Gasteiger partial charge in [0.05, 0.1) is 0 Å². The summed E-state index contributed by atoms with van der Waals surface area (Å²) in [4.78, 5) is 25.7. The quantitative estimate of drug-likeness (QED) is 0.589. The molecule has 1 aromatic rings. The number of nitrogens with one attached hydrogen (secondary N) is 1. The summed E-state index contributed by atoms with van der Waals surface area (Å²) in [5.41, 5.74) is 6.31. The number of dihydropyridines is 1. The van der Waals surface area contributed by atoms with E-state index in [0.29, 0.717) is 12.8 Å². The number of Topliss-reactive ketones (excluding diaryl/α,β-unsaturated/α-hetero) is 2. The van der Waals surface area contributed by atoms with E-state index >= 15 is 0 Å². The molecular formula is C26H33NO2. The second kappa shape index (κ2) is 9.11. The molecule has 0 spiro atoms. The van der Waals surface area contributed by atoms with Crippen molar-refractivity contribution in [2.75, 3.05) is 0 Å². The zero-order valence-corrected chi connectivity index (χ0v) is 17.7. The third kappa shape index (κ3) is 4.24. The Balaban J connectivity index is 1.59. The monoisotopic (exact) mass is 391 g/mol. The van der Waals surface area contributed by atoms with Crippen molar-refractivity contribution in [1.82, 2.24) is 5.32 Å². The van der Waals surface area contributed by atoms with Gasteiger partial charge < -0.3 is 5.32 Å². The van der Waals surface area contributed by atoms with E-state index in [9.17, 15) is 9.59 Å². The van der Waals surface area contributed by atoms with E-state index < -0.39 is 0 Å². The minimum atomic E-state index is -0.166. The van der Waals surface area contributed by atoms with E-state index in [-0.39, 0.29) is 17.5 Å². The molecule has 1 heterocycles. The van der Waals surface area contributed by atoms with Gasteiger partial charge in [-0.15, -0.1) is 0 Å². The Morgan fingerprint density at radius 3 is 1.97 bits per heavy atom. The zero-order valence-electron chi connectivity index (χ0n) is 17.7. The predicted molar refractivity (Wildman–Crippen MR) is 117 cm³/mol. The number of aryl methyl sites for hydroxylation is 1. The Bertz CT molecular complexity index is 802. The summed E-state index contributed by atoms with van der Waals surface area (Å²) in [6.45, 7) is 2.25. The second-order valence-corrected chi connectivity index (χ2v) is 8.80. The molecule has 0 radical (unpaired) electrons. The zero-order chi connectivity index (χ0) is 20.2. The number of benzene rings is 1. The third-order valence-electron chi connectivity index (χ3n) is 6.67. The molecule has 0 saturated heterocycles. The van der Waals surface area contributed by atoms with Crippen LogP contribution in [0.2, 0.25) is 0 Å². The molecular weight excluding hydrogens is 358 g/mol. The minimum absolute atomic E-state index is 0.166. The first-order chi connectivity index (χ1) is 14.2. The van der Waals surface area contributed by atoms with Crippen LogP contribution < -0.4 is 5.32 Å². The first-order valence-corrected chi connectivity index (χ1v) is 11.6. The highest BCUT2D eigenvalue weighted by atomic mass is 16.1. The summed E-state index contributed by atoms with van der Waals surface area (Å²) in [6, 6.07) is 8.74. The molecule has 1 aliphatic heterocycles. The molecule has 0 atom stereocenters. The second-order valence-electron chi connectivity index (χ2n) is 8.80. The van der Waals surface area contributed by atoms with E-state index in [1.54, 1.807) is 0 Å². The van der Waals surface area contributed by atoms with Gasteiger partial charge in [0.15, 0.2) is 11.6 Å². The van der Waals surface area contributed by atoms with E-state index in [2.05, 4.69) is 36.5 Å². The van der Waals surface area contributed by atoms with E-state index in [1.807, 2.05) is 0 Å². The lowest BCUT2D eigenvalue weighted by Gasteiger charge is -2.37. The highest BCUT2D eigenvalue weighted by molar-refractivity contribution is 6.06. The van der Waals surface area contributed by atoms with Crippen molar-refractivity contribution in [2.45, 2.75) is 89.9 Å². The largest absolute Gasteiger partial charge is 0.362 e. The van der Waals surface area contributed by atoms with Crippen molar-refractivity contribution in [3.05, 3.63) is 57.9 Å². The lowest BCUT2D eigenvalue weighted by molar-refractivity contribution is -0.116. The molecule has 0 aromatic heterocycles. The highest BCUT2D eigenvalue weighted by Gasteiger charge is 2.39. The van der Waals surface area contributed by atoms with Gasteiger partial charge in [0.1, 0.15) is 0 Å². The number of allylic oxidation sites excluding steroid dienone is 4. The number of hydrogen-bond donors (Lipinski definition) is 1. The highest BCUT2D eigenvalue weighted by Crippen LogP contribution is 2.45. The molecule has 1 N–H and O–H groups in total. The van der Waals surface area contributed by atoms with Crippen LogP contribution in [0.3, 0.4) is 0 Å². The van der Waals surface area contributed by atoms with E-state index in [1.165, 1.54) is 37.7 Å². The van der Waals surface area contributed by atoms with Crippen molar-refractivity contribution < 1.29 is 9.59 Å². The maximum absolute atomic E-state index is 12.9. The van der Waals surface area contributed by atoms with Gasteiger partial charge in [-0.25, -0.2) is 0 Å². The van der Waals surface area contributed by atoms with Crippen LogP contribution in [-0.4, -0.2) is 11.6 Å². The van der Waals surface area contributed by atoms with Crippen LogP contribution in [-0.2, 0) is 16.0 Å². The number of carbonyl (C=O) groups is 2. The Labute approximate surface area is 174 Å². The Morgan fingerprint density at radius 1 is 0.793 bits per heavy atom. The number of unbranched alkanes of at least 4 members (excludes halogenated alkanes) is 4. The van der Waals surface area contributed by atoms with Crippen LogP contribution in [0.5, 0.6) is 0 Å². The molecule has 4 rings (SSSR count). The summed E-state index contributed by atoms with van der Waals surface area (Å²) in [6.07, 6.45) is 12.4. The fourth-order valence-corrected chi connectivity index (χ4v) is 5.13. The molecule has 0 saturated carbocycles. The molecule has 0 fully saturated rings. The molecule has 29 heavy (non-hydrogen) atoms. The number of hydrogen-bond acceptors (Lipinski definition) is 3. The summed E-state index contributed by atoms with van der Waals surface area (Å²) in [5.74, 6) is 0.266. The van der Waals surface area contributed by atoms with Gasteiger partial charge in [-0.1, -0.05) is 56.9 Å². The Morgan fingerprint density at radius 2 is 1.38 bits per heavy atom. The standard InChI is InChI=1S/C26H33NO2/c1-2-3-4-5-6-9-18-14-16-19(17-15-18)24-25-20(10-7-12-22(25)28)27-21-11-8-13-23(29)26(21)24/h14-17,24,27H,2-13H2,1H3. The lowest BCUT2D eigenvalue weighted by Crippen LogP contribution is -2.36. The maximum atomic E-state index is 12.9. The Hall–Kier alpha value is -2.16. The van der Waals surface area contributed by atoms with Crippen LogP contribution in [0, 0.1) is 0 Å². The van der Waals surface area contributed by atoms with Gasteiger partial charge in [-0.05, 0) is 49.7 Å². The normalized spacial score (nSPS) is 19.9. The van der Waals surface area contributed by atoms with Crippen molar-refractivity contribution in [2.24, 2.45) is 0 Å². The third-order valence-corrected chi connectivity index (χ3v) is 6.67. The average Bonchev–Trinajstić information content (AvgIpc) is 2.73. The predicted octanol–water partition coefficient (Wildman–Crippen LogP) is 5.90. The van der Waals surface area contributed by atoms with Gasteiger partial charge in [-0.3, -0.25) is 9.59 Å². The molecule has 2 aliphatic carbocycles. The number of carbonyl (C=O) groups excluding carboxylic acids is 2.